The molecule has 0 spiro atoms. The standard InChI is InChI=1S/C23H26Cl3N3O3S2/c1-34(31,32)29-10-8-27(9-11-29)23(30)28-13-17(15-33-19-5-3-18(24)4-6-19)20(14-28)16-2-7-21(25)22(26)12-16/h2-7,12,17,20H,8-11,13-15H2,1H3/t17-,20+/m0/s1. The van der Waals surface area contributed by atoms with Crippen LogP contribution >= 0.6 is 46.6 Å². The Balaban J connectivity index is 1.48. The Morgan fingerprint density at radius 3 is 2.24 bits per heavy atom. The van der Waals surface area contributed by atoms with E-state index in [4.69, 9.17) is 34.8 Å². The summed E-state index contributed by atoms with van der Waals surface area (Å²) in [5.41, 5.74) is 1.06. The van der Waals surface area contributed by atoms with Gasteiger partial charge in [-0.05, 0) is 47.9 Å². The minimum Gasteiger partial charge on any atom is -0.324 e. The number of thioether (sulfide) groups is 1. The molecule has 34 heavy (non-hydrogen) atoms. The van der Waals surface area contributed by atoms with Gasteiger partial charge in [0.25, 0.3) is 0 Å². The van der Waals surface area contributed by atoms with Crippen molar-refractivity contribution in [3.63, 3.8) is 0 Å². The molecule has 2 aliphatic rings. The Hall–Kier alpha value is -1.16. The van der Waals surface area contributed by atoms with Gasteiger partial charge in [-0.1, -0.05) is 40.9 Å². The molecule has 2 fully saturated rings. The van der Waals surface area contributed by atoms with Crippen molar-refractivity contribution in [1.82, 2.24) is 14.1 Å². The van der Waals surface area contributed by atoms with Crippen LogP contribution < -0.4 is 0 Å². The Kier molecular flexibility index (Phi) is 8.27. The van der Waals surface area contributed by atoms with Gasteiger partial charge in [0.2, 0.25) is 10.0 Å². The smallest absolute Gasteiger partial charge is 0.320 e. The van der Waals surface area contributed by atoms with Crippen LogP contribution in [0.25, 0.3) is 0 Å². The SMILES string of the molecule is CS(=O)(=O)N1CCN(C(=O)N2C[C@@H](CSc3ccc(Cl)cc3)[C@@H](c3ccc(Cl)c(Cl)c3)C2)CC1. The lowest BCUT2D eigenvalue weighted by atomic mass is 9.90. The number of urea groups is 1. The van der Waals surface area contributed by atoms with Gasteiger partial charge in [-0.2, -0.15) is 4.31 Å². The quantitative estimate of drug-likeness (QED) is 0.473. The average Bonchev–Trinajstić information content (AvgIpc) is 3.24. The number of carbonyl (C=O) groups excluding carboxylic acids is 1. The lowest BCUT2D eigenvalue weighted by Gasteiger charge is -2.35. The Morgan fingerprint density at radius 1 is 0.941 bits per heavy atom. The first-order valence-corrected chi connectivity index (χ1v) is 14.9. The van der Waals surface area contributed by atoms with E-state index in [9.17, 15) is 13.2 Å². The minimum absolute atomic E-state index is 0.0443. The van der Waals surface area contributed by atoms with Gasteiger partial charge in [0.1, 0.15) is 0 Å². The van der Waals surface area contributed by atoms with Crippen molar-refractivity contribution in [2.45, 2.75) is 10.8 Å². The molecule has 2 aromatic carbocycles. The summed E-state index contributed by atoms with van der Waals surface area (Å²) in [6, 6.07) is 13.4. The second-order valence-corrected chi connectivity index (χ2v) is 13.0. The lowest BCUT2D eigenvalue weighted by molar-refractivity contribution is 0.141. The van der Waals surface area contributed by atoms with Crippen LogP contribution in [-0.2, 0) is 10.0 Å². The van der Waals surface area contributed by atoms with Crippen molar-refractivity contribution in [2.75, 3.05) is 51.3 Å². The van der Waals surface area contributed by atoms with Gasteiger partial charge in [0.15, 0.2) is 0 Å². The number of sulfonamides is 1. The molecule has 2 atom stereocenters. The van der Waals surface area contributed by atoms with Crippen LogP contribution in [0.1, 0.15) is 11.5 Å². The van der Waals surface area contributed by atoms with Crippen molar-refractivity contribution >= 4 is 62.6 Å². The predicted octanol–water partition coefficient (Wildman–Crippen LogP) is 5.15. The molecule has 2 amide bonds. The van der Waals surface area contributed by atoms with Crippen LogP contribution in [0.15, 0.2) is 47.4 Å². The molecular weight excluding hydrogens is 537 g/mol. The van der Waals surface area contributed by atoms with E-state index in [-0.39, 0.29) is 17.9 Å². The van der Waals surface area contributed by atoms with Gasteiger partial charge in [-0.15, -0.1) is 11.8 Å². The fraction of sp³-hybridized carbons (Fsp3) is 0.435. The number of piperazine rings is 1. The normalized spacial score (nSPS) is 21.8. The van der Waals surface area contributed by atoms with Gasteiger partial charge in [0, 0.05) is 60.9 Å². The van der Waals surface area contributed by atoms with Crippen molar-refractivity contribution in [3.8, 4) is 0 Å². The summed E-state index contributed by atoms with van der Waals surface area (Å²) >= 11 is 20.2. The van der Waals surface area contributed by atoms with Crippen LogP contribution in [-0.4, -0.2) is 79.8 Å². The Morgan fingerprint density at radius 2 is 1.62 bits per heavy atom. The molecule has 0 N–H and O–H groups in total. The molecular formula is C23H26Cl3N3O3S2. The van der Waals surface area contributed by atoms with E-state index in [2.05, 4.69) is 0 Å². The zero-order valence-corrected chi connectivity index (χ0v) is 22.6. The third-order valence-electron chi connectivity index (χ3n) is 6.34. The van der Waals surface area contributed by atoms with Gasteiger partial charge in [-0.25, -0.2) is 13.2 Å². The summed E-state index contributed by atoms with van der Waals surface area (Å²) < 4.78 is 25.0. The topological polar surface area (TPSA) is 60.9 Å². The largest absolute Gasteiger partial charge is 0.324 e. The molecule has 184 valence electrons. The average molecular weight is 563 g/mol. The summed E-state index contributed by atoms with van der Waals surface area (Å²) in [4.78, 5) is 18.1. The number of carbonyl (C=O) groups is 1. The van der Waals surface area contributed by atoms with Gasteiger partial charge in [-0.3, -0.25) is 0 Å². The molecule has 0 bridgehead atoms. The van der Waals surface area contributed by atoms with Crippen LogP contribution in [0.2, 0.25) is 15.1 Å². The maximum Gasteiger partial charge on any atom is 0.320 e. The van der Waals surface area contributed by atoms with Crippen LogP contribution in [0.4, 0.5) is 4.79 Å². The number of hydrogen-bond acceptors (Lipinski definition) is 4. The maximum atomic E-state index is 13.3. The number of halogens is 3. The highest BCUT2D eigenvalue weighted by Gasteiger charge is 2.39. The highest BCUT2D eigenvalue weighted by Crippen LogP contribution is 2.39. The zero-order valence-electron chi connectivity index (χ0n) is 18.7. The van der Waals surface area contributed by atoms with Crippen LogP contribution in [0.3, 0.4) is 0 Å². The number of benzene rings is 2. The second kappa shape index (κ2) is 10.8. The molecule has 4 rings (SSSR count). The fourth-order valence-electron chi connectivity index (χ4n) is 4.46. The summed E-state index contributed by atoms with van der Waals surface area (Å²) in [6.45, 7) is 2.63. The van der Waals surface area contributed by atoms with Gasteiger partial charge < -0.3 is 9.80 Å². The van der Waals surface area contributed by atoms with Crippen LogP contribution in [0, 0.1) is 5.92 Å². The monoisotopic (exact) mass is 561 g/mol. The number of hydrogen-bond donors (Lipinski definition) is 0. The first-order chi connectivity index (χ1) is 16.1. The molecule has 11 heteroatoms. The highest BCUT2D eigenvalue weighted by atomic mass is 35.5. The van der Waals surface area contributed by atoms with E-state index in [1.165, 1.54) is 10.6 Å². The van der Waals surface area contributed by atoms with Crippen molar-refractivity contribution in [2.24, 2.45) is 5.92 Å². The van der Waals surface area contributed by atoms with E-state index in [1.807, 2.05) is 41.3 Å². The molecule has 0 saturated carbocycles. The summed E-state index contributed by atoms with van der Waals surface area (Å²) in [6.07, 6.45) is 1.20. The van der Waals surface area contributed by atoms with E-state index in [1.54, 1.807) is 22.7 Å². The highest BCUT2D eigenvalue weighted by molar-refractivity contribution is 7.99. The van der Waals surface area contributed by atoms with Gasteiger partial charge >= 0.3 is 6.03 Å². The number of nitrogens with zero attached hydrogens (tertiary/aromatic N) is 3. The molecule has 6 nitrogen and oxygen atoms in total. The molecule has 2 saturated heterocycles. The molecule has 2 aromatic rings. The van der Waals surface area contributed by atoms with Crippen molar-refractivity contribution < 1.29 is 13.2 Å². The summed E-state index contributed by atoms with van der Waals surface area (Å²) in [5.74, 6) is 1.17. The number of likely N-dealkylation sites (tertiary alicyclic amines) is 1. The van der Waals surface area contributed by atoms with Crippen LogP contribution in [0.5, 0.6) is 0 Å². The molecule has 2 heterocycles. The maximum absolute atomic E-state index is 13.3. The Labute approximate surface area is 220 Å². The second-order valence-electron chi connectivity index (χ2n) is 8.64. The fourth-order valence-corrected chi connectivity index (χ4v) is 6.79. The minimum atomic E-state index is -3.24. The lowest BCUT2D eigenvalue weighted by Crippen LogP contribution is -2.53. The van der Waals surface area contributed by atoms with E-state index >= 15 is 0 Å². The van der Waals surface area contributed by atoms with Crippen molar-refractivity contribution in [1.29, 1.82) is 0 Å². The summed E-state index contributed by atoms with van der Waals surface area (Å²) in [7, 11) is -3.24. The summed E-state index contributed by atoms with van der Waals surface area (Å²) in [5, 5.41) is 1.71. The van der Waals surface area contributed by atoms with E-state index in [0.29, 0.717) is 54.3 Å². The van der Waals surface area contributed by atoms with E-state index in [0.717, 1.165) is 16.2 Å². The molecule has 0 radical (unpaired) electrons. The Bertz CT molecular complexity index is 1140. The molecule has 2 aliphatic heterocycles. The molecule has 0 unspecified atom stereocenters. The number of amides is 2. The molecule has 0 aliphatic carbocycles. The van der Waals surface area contributed by atoms with E-state index < -0.39 is 10.0 Å². The van der Waals surface area contributed by atoms with Crippen molar-refractivity contribution in [3.05, 3.63) is 63.1 Å². The predicted molar refractivity (Wildman–Crippen MR) is 140 cm³/mol. The number of rotatable bonds is 5. The molecule has 0 aromatic heterocycles. The zero-order chi connectivity index (χ0) is 24.5. The third kappa shape index (κ3) is 6.15. The third-order valence-corrected chi connectivity index (χ3v) is 9.83. The first-order valence-electron chi connectivity index (χ1n) is 10.9. The first kappa shape index (κ1) is 25.9. The van der Waals surface area contributed by atoms with Gasteiger partial charge in [0.05, 0.1) is 16.3 Å².